The van der Waals surface area contributed by atoms with Crippen LogP contribution in [0.25, 0.3) is 0 Å². The standard InChI is InChI=1S/C19H24N2O3.ClH/c1-15(11-12-16-7-4-3-5-8-16)20(2)14-19(22)17-9-6-10-18(13-17)21(23)24;/h3-10,13,15,19,22H,11-12,14H2,1-2H3;1H. The van der Waals surface area contributed by atoms with Gasteiger partial charge in [0.1, 0.15) is 12.6 Å². The molecule has 0 spiro atoms. The Balaban J connectivity index is 0.00000312. The second kappa shape index (κ2) is 10.1. The number of nitrogens with one attached hydrogen (secondary N) is 1. The highest BCUT2D eigenvalue weighted by atomic mass is 35.5. The van der Waals surface area contributed by atoms with Gasteiger partial charge in [-0.25, -0.2) is 0 Å². The molecule has 6 heteroatoms. The van der Waals surface area contributed by atoms with Crippen molar-refractivity contribution in [3.63, 3.8) is 0 Å². The Morgan fingerprint density at radius 2 is 1.84 bits per heavy atom. The van der Waals surface area contributed by atoms with Gasteiger partial charge in [-0.2, -0.15) is 0 Å². The number of hydrogen-bond acceptors (Lipinski definition) is 3. The average molecular weight is 365 g/mol. The maximum Gasteiger partial charge on any atom is 0.269 e. The molecule has 136 valence electrons. The van der Waals surface area contributed by atoms with Crippen LogP contribution in [0.15, 0.2) is 54.6 Å². The van der Waals surface area contributed by atoms with Gasteiger partial charge in [0.05, 0.1) is 18.0 Å². The highest BCUT2D eigenvalue weighted by molar-refractivity contribution is 5.35. The minimum Gasteiger partial charge on any atom is -1.00 e. The summed E-state index contributed by atoms with van der Waals surface area (Å²) in [7, 11) is 2.05. The van der Waals surface area contributed by atoms with Crippen molar-refractivity contribution in [3.8, 4) is 0 Å². The van der Waals surface area contributed by atoms with Crippen LogP contribution in [-0.4, -0.2) is 29.7 Å². The zero-order valence-electron chi connectivity index (χ0n) is 14.6. The van der Waals surface area contributed by atoms with Crippen LogP contribution >= 0.6 is 0 Å². The Morgan fingerprint density at radius 3 is 2.48 bits per heavy atom. The number of benzene rings is 2. The third-order valence-corrected chi connectivity index (χ3v) is 4.53. The lowest BCUT2D eigenvalue weighted by atomic mass is 10.0. The van der Waals surface area contributed by atoms with E-state index in [0.717, 1.165) is 12.8 Å². The zero-order chi connectivity index (χ0) is 17.5. The van der Waals surface area contributed by atoms with Crippen molar-refractivity contribution in [2.24, 2.45) is 0 Å². The Labute approximate surface area is 154 Å². The second-order valence-electron chi connectivity index (χ2n) is 6.34. The molecule has 0 saturated carbocycles. The first kappa shape index (κ1) is 21.1. The lowest BCUT2D eigenvalue weighted by Gasteiger charge is -2.24. The number of likely N-dealkylation sites (N-methyl/N-ethyl adjacent to an activating group) is 1. The van der Waals surface area contributed by atoms with Crippen molar-refractivity contribution in [1.82, 2.24) is 0 Å². The molecule has 0 saturated heterocycles. The molecule has 0 aromatic heterocycles. The third kappa shape index (κ3) is 6.46. The number of aliphatic hydroxyl groups excluding tert-OH is 1. The largest absolute Gasteiger partial charge is 1.00 e. The summed E-state index contributed by atoms with van der Waals surface area (Å²) in [6.45, 7) is 2.69. The fourth-order valence-electron chi connectivity index (χ4n) is 2.74. The van der Waals surface area contributed by atoms with Gasteiger partial charge in [0.15, 0.2) is 0 Å². The van der Waals surface area contributed by atoms with Crippen molar-refractivity contribution in [3.05, 3.63) is 75.8 Å². The number of quaternary nitrogens is 1. The van der Waals surface area contributed by atoms with Crippen LogP contribution < -0.4 is 17.3 Å². The molecular formula is C19H25ClN2O3. The normalized spacial score (nSPS) is 14.2. The SMILES string of the molecule is CC(CCc1ccccc1)[NH+](C)CC(O)c1cccc([N+](=O)[O-])c1.[Cl-]. The van der Waals surface area contributed by atoms with Crippen molar-refractivity contribution in [1.29, 1.82) is 0 Å². The molecule has 0 fully saturated rings. The van der Waals surface area contributed by atoms with E-state index in [1.165, 1.54) is 22.6 Å². The summed E-state index contributed by atoms with van der Waals surface area (Å²) in [5.74, 6) is 0. The van der Waals surface area contributed by atoms with Gasteiger partial charge in [-0.15, -0.1) is 0 Å². The average Bonchev–Trinajstić information content (AvgIpc) is 2.60. The van der Waals surface area contributed by atoms with Gasteiger partial charge in [0.25, 0.3) is 5.69 Å². The summed E-state index contributed by atoms with van der Waals surface area (Å²) in [6.07, 6.45) is 1.33. The Hall–Kier alpha value is -1.95. The number of aryl methyl sites for hydroxylation is 1. The van der Waals surface area contributed by atoms with Crippen molar-refractivity contribution >= 4 is 5.69 Å². The third-order valence-electron chi connectivity index (χ3n) is 4.53. The molecule has 2 rings (SSSR count). The number of nitrogens with zero attached hydrogens (tertiary/aromatic N) is 1. The van der Waals surface area contributed by atoms with Crippen LogP contribution in [0.4, 0.5) is 5.69 Å². The molecular weight excluding hydrogens is 340 g/mol. The smallest absolute Gasteiger partial charge is 0.269 e. The lowest BCUT2D eigenvalue weighted by molar-refractivity contribution is -0.908. The minimum absolute atomic E-state index is 0. The molecule has 3 atom stereocenters. The van der Waals surface area contributed by atoms with Gasteiger partial charge in [-0.05, 0) is 24.5 Å². The van der Waals surface area contributed by atoms with Gasteiger partial charge in [-0.3, -0.25) is 10.1 Å². The van der Waals surface area contributed by atoms with E-state index in [4.69, 9.17) is 0 Å². The van der Waals surface area contributed by atoms with Crippen LogP contribution in [0.2, 0.25) is 0 Å². The quantitative estimate of drug-likeness (QED) is 0.474. The summed E-state index contributed by atoms with van der Waals surface area (Å²) in [4.78, 5) is 11.6. The number of rotatable bonds is 8. The minimum atomic E-state index is -0.705. The van der Waals surface area contributed by atoms with Crippen LogP contribution in [0, 0.1) is 10.1 Å². The predicted molar refractivity (Wildman–Crippen MR) is 94.0 cm³/mol. The first-order valence-electron chi connectivity index (χ1n) is 8.26. The molecule has 0 heterocycles. The molecule has 0 amide bonds. The van der Waals surface area contributed by atoms with E-state index >= 15 is 0 Å². The molecule has 0 bridgehead atoms. The number of hydrogen-bond donors (Lipinski definition) is 2. The molecule has 0 aliphatic heterocycles. The van der Waals surface area contributed by atoms with Gasteiger partial charge in [-0.1, -0.05) is 42.5 Å². The number of nitro benzene ring substituents is 1. The zero-order valence-corrected chi connectivity index (χ0v) is 15.3. The highest BCUT2D eigenvalue weighted by Gasteiger charge is 2.20. The monoisotopic (exact) mass is 364 g/mol. The number of halogens is 1. The Kier molecular flexibility index (Phi) is 8.55. The van der Waals surface area contributed by atoms with Crippen molar-refractivity contribution in [2.45, 2.75) is 31.9 Å². The van der Waals surface area contributed by atoms with E-state index < -0.39 is 11.0 Å². The van der Waals surface area contributed by atoms with E-state index in [-0.39, 0.29) is 18.1 Å². The Morgan fingerprint density at radius 1 is 1.16 bits per heavy atom. The molecule has 0 aliphatic carbocycles. The van der Waals surface area contributed by atoms with Crippen molar-refractivity contribution < 1.29 is 27.3 Å². The van der Waals surface area contributed by atoms with E-state index in [1.54, 1.807) is 12.1 Å². The topological polar surface area (TPSA) is 67.8 Å². The van der Waals surface area contributed by atoms with E-state index in [9.17, 15) is 15.2 Å². The van der Waals surface area contributed by atoms with Crippen LogP contribution in [0.5, 0.6) is 0 Å². The van der Waals surface area contributed by atoms with Gasteiger partial charge in [0, 0.05) is 18.6 Å². The summed E-state index contributed by atoms with van der Waals surface area (Å²) < 4.78 is 0. The molecule has 5 nitrogen and oxygen atoms in total. The van der Waals surface area contributed by atoms with Crippen LogP contribution in [0.3, 0.4) is 0 Å². The van der Waals surface area contributed by atoms with E-state index in [0.29, 0.717) is 18.2 Å². The van der Waals surface area contributed by atoms with Gasteiger partial charge < -0.3 is 22.4 Å². The predicted octanol–water partition coefficient (Wildman–Crippen LogP) is -0.832. The van der Waals surface area contributed by atoms with E-state index in [1.807, 2.05) is 18.2 Å². The van der Waals surface area contributed by atoms with Gasteiger partial charge in [0.2, 0.25) is 0 Å². The molecule has 2 N–H and O–H groups in total. The maximum atomic E-state index is 10.8. The molecule has 0 aliphatic rings. The second-order valence-corrected chi connectivity index (χ2v) is 6.34. The van der Waals surface area contributed by atoms with E-state index in [2.05, 4.69) is 26.1 Å². The first-order valence-corrected chi connectivity index (χ1v) is 8.26. The number of nitro groups is 1. The maximum absolute atomic E-state index is 10.8. The van der Waals surface area contributed by atoms with Crippen molar-refractivity contribution in [2.75, 3.05) is 13.6 Å². The fourth-order valence-corrected chi connectivity index (χ4v) is 2.74. The fraction of sp³-hybridized carbons (Fsp3) is 0.368. The summed E-state index contributed by atoms with van der Waals surface area (Å²) in [5, 5.41) is 21.2. The lowest BCUT2D eigenvalue weighted by Crippen LogP contribution is -3.13. The summed E-state index contributed by atoms with van der Waals surface area (Å²) in [6, 6.07) is 17.0. The summed E-state index contributed by atoms with van der Waals surface area (Å²) >= 11 is 0. The summed E-state index contributed by atoms with van der Waals surface area (Å²) in [5.41, 5.74) is 1.93. The molecule has 3 unspecified atom stereocenters. The number of non-ortho nitro benzene ring substituents is 1. The van der Waals surface area contributed by atoms with Gasteiger partial charge >= 0.3 is 0 Å². The van der Waals surface area contributed by atoms with Crippen LogP contribution in [0.1, 0.15) is 30.6 Å². The molecule has 0 radical (unpaired) electrons. The molecule has 2 aromatic rings. The Bertz CT molecular complexity index is 667. The molecule has 2 aromatic carbocycles. The van der Waals surface area contributed by atoms with Crippen LogP contribution in [-0.2, 0) is 6.42 Å². The highest BCUT2D eigenvalue weighted by Crippen LogP contribution is 2.18. The number of aliphatic hydroxyl groups is 1. The molecule has 25 heavy (non-hydrogen) atoms. The first-order chi connectivity index (χ1) is 11.5.